The minimum absolute atomic E-state index is 0.0646. The number of nitrogens with zero attached hydrogens (tertiary/aromatic N) is 3. The Morgan fingerprint density at radius 1 is 1.18 bits per heavy atom. The number of hydrogen-bond acceptors (Lipinski definition) is 5. The summed E-state index contributed by atoms with van der Waals surface area (Å²) in [6.45, 7) is 3.60. The van der Waals surface area contributed by atoms with E-state index in [-0.39, 0.29) is 17.4 Å². The van der Waals surface area contributed by atoms with Gasteiger partial charge in [-0.05, 0) is 37.8 Å². The van der Waals surface area contributed by atoms with Gasteiger partial charge in [-0.15, -0.1) is 0 Å². The highest BCUT2D eigenvalue weighted by Crippen LogP contribution is 2.48. The molecule has 0 aliphatic carbocycles. The zero-order valence-corrected chi connectivity index (χ0v) is 16.0. The third-order valence-corrected chi connectivity index (χ3v) is 6.52. The SMILES string of the molecule is O=C(c1cccc2nccnc12)N1CCC[C@@]2(C3=CCOCC3)COCC[C@H]12. The van der Waals surface area contributed by atoms with Crippen LogP contribution in [0.2, 0.25) is 0 Å². The molecule has 146 valence electrons. The van der Waals surface area contributed by atoms with Crippen molar-refractivity contribution in [3.05, 3.63) is 47.8 Å². The van der Waals surface area contributed by atoms with E-state index < -0.39 is 0 Å². The van der Waals surface area contributed by atoms with E-state index in [1.807, 2.05) is 18.2 Å². The Bertz CT molecular complexity index is 919. The van der Waals surface area contributed by atoms with Crippen molar-refractivity contribution in [2.24, 2.45) is 5.41 Å². The Labute approximate surface area is 164 Å². The second kappa shape index (κ2) is 7.26. The summed E-state index contributed by atoms with van der Waals surface area (Å²) in [5, 5.41) is 0. The van der Waals surface area contributed by atoms with Gasteiger partial charge in [-0.2, -0.15) is 0 Å². The van der Waals surface area contributed by atoms with Gasteiger partial charge < -0.3 is 14.4 Å². The van der Waals surface area contributed by atoms with Crippen LogP contribution in [0.1, 0.15) is 36.0 Å². The lowest BCUT2D eigenvalue weighted by molar-refractivity contribution is -0.0738. The number of aromatic nitrogens is 2. The molecule has 1 amide bonds. The van der Waals surface area contributed by atoms with Crippen LogP contribution in [0, 0.1) is 5.41 Å². The van der Waals surface area contributed by atoms with Gasteiger partial charge in [0.2, 0.25) is 0 Å². The van der Waals surface area contributed by atoms with Gasteiger partial charge in [-0.25, -0.2) is 0 Å². The summed E-state index contributed by atoms with van der Waals surface area (Å²) in [5.41, 5.74) is 3.43. The van der Waals surface area contributed by atoms with E-state index in [9.17, 15) is 4.79 Å². The van der Waals surface area contributed by atoms with Crippen LogP contribution in [0.3, 0.4) is 0 Å². The van der Waals surface area contributed by atoms with Crippen molar-refractivity contribution in [2.45, 2.75) is 31.7 Å². The van der Waals surface area contributed by atoms with Gasteiger partial charge in [0.15, 0.2) is 0 Å². The fourth-order valence-electron chi connectivity index (χ4n) is 5.24. The van der Waals surface area contributed by atoms with E-state index in [1.165, 1.54) is 5.57 Å². The number of benzene rings is 1. The van der Waals surface area contributed by atoms with E-state index in [0.29, 0.717) is 30.9 Å². The Morgan fingerprint density at radius 2 is 2.11 bits per heavy atom. The molecule has 0 bridgehead atoms. The predicted molar refractivity (Wildman–Crippen MR) is 105 cm³/mol. The molecule has 6 heteroatoms. The average molecular weight is 379 g/mol. The molecular formula is C22H25N3O3. The highest BCUT2D eigenvalue weighted by atomic mass is 16.5. The summed E-state index contributed by atoms with van der Waals surface area (Å²) in [5.74, 6) is 0.0646. The number of hydrogen-bond donors (Lipinski definition) is 0. The molecule has 28 heavy (non-hydrogen) atoms. The van der Waals surface area contributed by atoms with Gasteiger partial charge in [0.1, 0.15) is 5.52 Å². The maximum atomic E-state index is 13.7. The number of rotatable bonds is 2. The van der Waals surface area contributed by atoms with Gasteiger partial charge in [0.25, 0.3) is 5.91 Å². The fraction of sp³-hybridized carbons (Fsp3) is 0.500. The van der Waals surface area contributed by atoms with Crippen molar-refractivity contribution >= 4 is 16.9 Å². The van der Waals surface area contributed by atoms with Gasteiger partial charge >= 0.3 is 0 Å². The van der Waals surface area contributed by atoms with Crippen LogP contribution in [-0.4, -0.2) is 59.8 Å². The summed E-state index contributed by atoms with van der Waals surface area (Å²) in [6.07, 6.45) is 9.41. The third-order valence-electron chi connectivity index (χ3n) is 6.52. The van der Waals surface area contributed by atoms with Gasteiger partial charge in [-0.1, -0.05) is 17.7 Å². The van der Waals surface area contributed by atoms with Gasteiger partial charge in [0, 0.05) is 37.0 Å². The molecule has 0 unspecified atom stereocenters. The van der Waals surface area contributed by atoms with Crippen LogP contribution in [-0.2, 0) is 9.47 Å². The number of piperidine rings is 1. The largest absolute Gasteiger partial charge is 0.380 e. The molecule has 0 radical (unpaired) electrons. The minimum Gasteiger partial charge on any atom is -0.380 e. The lowest BCUT2D eigenvalue weighted by Crippen LogP contribution is -2.59. The molecule has 6 nitrogen and oxygen atoms in total. The molecule has 1 aromatic carbocycles. The van der Waals surface area contributed by atoms with Gasteiger partial charge in [0.05, 0.1) is 30.9 Å². The lowest BCUT2D eigenvalue weighted by Gasteiger charge is -2.54. The molecule has 0 spiro atoms. The fourth-order valence-corrected chi connectivity index (χ4v) is 5.24. The average Bonchev–Trinajstić information content (AvgIpc) is 2.78. The molecule has 2 fully saturated rings. The van der Waals surface area contributed by atoms with Crippen LogP contribution in [0.25, 0.3) is 11.0 Å². The van der Waals surface area contributed by atoms with E-state index in [2.05, 4.69) is 20.9 Å². The Morgan fingerprint density at radius 3 is 3.00 bits per heavy atom. The Hall–Kier alpha value is -2.31. The third kappa shape index (κ3) is 2.83. The van der Waals surface area contributed by atoms with E-state index in [4.69, 9.17) is 9.47 Å². The summed E-state index contributed by atoms with van der Waals surface area (Å²) >= 11 is 0. The second-order valence-electron chi connectivity index (χ2n) is 7.90. The van der Waals surface area contributed by atoms with E-state index in [0.717, 1.165) is 44.4 Å². The number of carbonyl (C=O) groups is 1. The molecule has 2 saturated heterocycles. The lowest BCUT2D eigenvalue weighted by atomic mass is 9.65. The van der Waals surface area contributed by atoms with Crippen LogP contribution in [0.5, 0.6) is 0 Å². The number of fused-ring (bicyclic) bond motifs is 2. The van der Waals surface area contributed by atoms with Crippen molar-refractivity contribution in [1.82, 2.24) is 14.9 Å². The van der Waals surface area contributed by atoms with Crippen molar-refractivity contribution in [3.8, 4) is 0 Å². The highest BCUT2D eigenvalue weighted by molar-refractivity contribution is 6.04. The number of ether oxygens (including phenoxy) is 2. The molecule has 1 aromatic heterocycles. The van der Waals surface area contributed by atoms with E-state index in [1.54, 1.807) is 12.4 Å². The first-order valence-corrected chi connectivity index (χ1v) is 10.2. The molecule has 0 N–H and O–H groups in total. The molecule has 3 aliphatic heterocycles. The first-order chi connectivity index (χ1) is 13.8. The Balaban J connectivity index is 1.54. The van der Waals surface area contributed by atoms with Crippen LogP contribution in [0.4, 0.5) is 0 Å². The quantitative estimate of drug-likeness (QED) is 0.751. The molecule has 0 saturated carbocycles. The number of para-hydroxylation sites is 1. The highest BCUT2D eigenvalue weighted by Gasteiger charge is 2.50. The van der Waals surface area contributed by atoms with Crippen LogP contribution in [0.15, 0.2) is 42.2 Å². The molecule has 2 atom stereocenters. The zero-order chi connectivity index (χ0) is 19.0. The summed E-state index contributed by atoms with van der Waals surface area (Å²) in [4.78, 5) is 24.6. The van der Waals surface area contributed by atoms with E-state index >= 15 is 0 Å². The number of amides is 1. The zero-order valence-electron chi connectivity index (χ0n) is 16.0. The smallest absolute Gasteiger partial charge is 0.256 e. The molecule has 5 rings (SSSR count). The molecule has 2 aromatic rings. The standard InChI is InChI=1S/C22H25N3O3/c26-21(17-3-1-4-18-20(17)24-10-9-23-18)25-11-2-8-22(15-28-14-7-19(22)25)16-5-12-27-13-6-16/h1,3-5,9-10,19H,2,6-8,11-15H2/t19-,22-/m0/s1. The molecule has 4 heterocycles. The monoisotopic (exact) mass is 379 g/mol. The van der Waals surface area contributed by atoms with Crippen molar-refractivity contribution < 1.29 is 14.3 Å². The van der Waals surface area contributed by atoms with Crippen LogP contribution < -0.4 is 0 Å². The summed E-state index contributed by atoms with van der Waals surface area (Å²) < 4.78 is 11.5. The van der Waals surface area contributed by atoms with Crippen molar-refractivity contribution in [1.29, 1.82) is 0 Å². The maximum Gasteiger partial charge on any atom is 0.256 e. The van der Waals surface area contributed by atoms with Crippen molar-refractivity contribution in [3.63, 3.8) is 0 Å². The maximum absolute atomic E-state index is 13.7. The van der Waals surface area contributed by atoms with Crippen LogP contribution >= 0.6 is 0 Å². The summed E-state index contributed by atoms with van der Waals surface area (Å²) in [6, 6.07) is 5.84. The number of carbonyl (C=O) groups excluding carboxylic acids is 1. The topological polar surface area (TPSA) is 64.6 Å². The first-order valence-electron chi connectivity index (χ1n) is 10.2. The predicted octanol–water partition coefficient (Wildman–Crippen LogP) is 2.99. The van der Waals surface area contributed by atoms with Gasteiger partial charge in [-0.3, -0.25) is 14.8 Å². The number of likely N-dealkylation sites (tertiary alicyclic amines) is 1. The summed E-state index contributed by atoms with van der Waals surface area (Å²) in [7, 11) is 0. The van der Waals surface area contributed by atoms with Crippen molar-refractivity contribution in [2.75, 3.05) is 33.0 Å². The normalized spacial score (nSPS) is 27.9. The second-order valence-corrected chi connectivity index (χ2v) is 7.90. The molecule has 3 aliphatic rings. The first kappa shape index (κ1) is 17.8. The minimum atomic E-state index is -0.0772. The molecular weight excluding hydrogens is 354 g/mol. The Kier molecular flexibility index (Phi) is 4.61.